The molecular weight excluding hydrogens is 384 g/mol. The highest BCUT2D eigenvalue weighted by Crippen LogP contribution is 2.52. The molecule has 0 saturated heterocycles. The predicted molar refractivity (Wildman–Crippen MR) is 108 cm³/mol. The Balaban J connectivity index is 2.23. The van der Waals surface area contributed by atoms with Gasteiger partial charge in [0.2, 0.25) is 0 Å². The molecule has 1 saturated carbocycles. The lowest BCUT2D eigenvalue weighted by atomic mass is 9.54. The minimum atomic E-state index is -1.84. The average molecular weight is 409 g/mol. The number of nitriles is 2. The van der Waals surface area contributed by atoms with Crippen LogP contribution in [0.15, 0.2) is 40.8 Å². The molecule has 6 nitrogen and oxygen atoms in total. The number of carboxylic acids is 1. The number of nitrogens with zero attached hydrogens (tertiary/aromatic N) is 2. The normalized spacial score (nSPS) is 28.1. The molecule has 1 aliphatic carbocycles. The summed E-state index contributed by atoms with van der Waals surface area (Å²) in [5.74, 6) is -3.66. The Bertz CT molecular complexity index is 925. The first-order valence-corrected chi connectivity index (χ1v) is 10.8. The van der Waals surface area contributed by atoms with Crippen molar-refractivity contribution in [3.8, 4) is 12.1 Å². The van der Waals surface area contributed by atoms with E-state index in [0.29, 0.717) is 24.7 Å². The summed E-state index contributed by atoms with van der Waals surface area (Å²) < 4.78 is 0. The SMILES string of the molecule is CSc1ccc([C@H]2[C@@H]3C[NH+](C(C)C)CC=C3C(C(=O)[O-])C(=N)C2(C#N)C#N)cc1. The van der Waals surface area contributed by atoms with E-state index in [4.69, 9.17) is 5.41 Å². The molecule has 3 rings (SSSR count). The van der Waals surface area contributed by atoms with Crippen molar-refractivity contribution in [1.82, 2.24) is 0 Å². The lowest BCUT2D eigenvalue weighted by molar-refractivity contribution is -0.920. The van der Waals surface area contributed by atoms with E-state index in [1.165, 1.54) is 4.90 Å². The molecule has 0 bridgehead atoms. The van der Waals surface area contributed by atoms with Crippen molar-refractivity contribution in [2.75, 3.05) is 19.3 Å². The number of thioether (sulfide) groups is 1. The highest BCUT2D eigenvalue weighted by molar-refractivity contribution is 7.98. The van der Waals surface area contributed by atoms with E-state index in [9.17, 15) is 20.4 Å². The number of hydrogen-bond acceptors (Lipinski definition) is 6. The van der Waals surface area contributed by atoms with Crippen LogP contribution in [0, 0.1) is 45.3 Å². The largest absolute Gasteiger partial charge is 0.549 e. The van der Waals surface area contributed by atoms with Crippen molar-refractivity contribution >= 4 is 23.4 Å². The molecule has 2 unspecified atom stereocenters. The molecule has 1 fully saturated rings. The van der Waals surface area contributed by atoms with Crippen molar-refractivity contribution < 1.29 is 14.8 Å². The van der Waals surface area contributed by atoms with E-state index in [1.807, 2.05) is 48.7 Å². The molecule has 0 amide bonds. The molecule has 4 atom stereocenters. The van der Waals surface area contributed by atoms with Crippen LogP contribution in [0.4, 0.5) is 0 Å². The van der Waals surface area contributed by atoms with Crippen molar-refractivity contribution in [3.63, 3.8) is 0 Å². The monoisotopic (exact) mass is 408 g/mol. The first kappa shape index (κ1) is 21.1. The van der Waals surface area contributed by atoms with Gasteiger partial charge in [-0.25, -0.2) is 0 Å². The fourth-order valence-electron chi connectivity index (χ4n) is 4.69. The Morgan fingerprint density at radius 1 is 1.31 bits per heavy atom. The van der Waals surface area contributed by atoms with Gasteiger partial charge >= 0.3 is 0 Å². The van der Waals surface area contributed by atoms with Gasteiger partial charge in [-0.3, -0.25) is 0 Å². The molecule has 0 aromatic heterocycles. The summed E-state index contributed by atoms with van der Waals surface area (Å²) in [4.78, 5) is 14.3. The van der Waals surface area contributed by atoms with Crippen LogP contribution in [-0.4, -0.2) is 37.1 Å². The van der Waals surface area contributed by atoms with E-state index in [1.54, 1.807) is 11.8 Å². The van der Waals surface area contributed by atoms with Crippen molar-refractivity contribution in [1.29, 1.82) is 15.9 Å². The molecule has 1 aromatic carbocycles. The van der Waals surface area contributed by atoms with Crippen LogP contribution in [0.2, 0.25) is 0 Å². The van der Waals surface area contributed by atoms with Gasteiger partial charge in [-0.2, -0.15) is 10.5 Å². The summed E-state index contributed by atoms with van der Waals surface area (Å²) in [5, 5.41) is 40.6. The van der Waals surface area contributed by atoms with Crippen molar-refractivity contribution in [2.24, 2.45) is 17.3 Å². The molecule has 2 aliphatic rings. The summed E-state index contributed by atoms with van der Waals surface area (Å²) in [6, 6.07) is 12.1. The number of carbonyl (C=O) groups excluding carboxylic acids is 1. The number of carbonyl (C=O) groups is 1. The minimum absolute atomic E-state index is 0.314. The van der Waals surface area contributed by atoms with E-state index < -0.39 is 23.2 Å². The first-order chi connectivity index (χ1) is 13.8. The topological polar surface area (TPSA) is 116 Å². The maximum atomic E-state index is 12.0. The lowest BCUT2D eigenvalue weighted by Gasteiger charge is -2.48. The number of quaternary nitrogens is 1. The number of nitrogens with one attached hydrogen (secondary N) is 2. The summed E-state index contributed by atoms with van der Waals surface area (Å²) in [6.45, 7) is 5.46. The third-order valence-electron chi connectivity index (χ3n) is 6.31. The van der Waals surface area contributed by atoms with Crippen LogP contribution in [0.25, 0.3) is 0 Å². The van der Waals surface area contributed by atoms with Crippen LogP contribution < -0.4 is 10.0 Å². The maximum Gasteiger partial charge on any atom is 0.189 e. The number of rotatable bonds is 4. The van der Waals surface area contributed by atoms with Gasteiger partial charge in [-0.1, -0.05) is 12.1 Å². The Kier molecular flexibility index (Phi) is 5.84. The summed E-state index contributed by atoms with van der Waals surface area (Å²) >= 11 is 1.59. The Morgan fingerprint density at radius 3 is 2.41 bits per heavy atom. The summed E-state index contributed by atoms with van der Waals surface area (Å²) in [6.07, 6.45) is 3.86. The standard InChI is InChI=1S/C22H24N4O2S/c1-13(2)26-9-8-16-17(10-26)19(14-4-6-15(29-3)7-5-14)22(11-23,12-24)20(25)18(16)21(27)28/h4-8,13,17-19,25H,9-10H2,1-3H3,(H,27,28)/t17-,18?,19+/m1/s1. The highest BCUT2D eigenvalue weighted by atomic mass is 32.2. The molecular formula is C22H24N4O2S. The molecule has 1 aliphatic heterocycles. The Hall–Kier alpha value is -2.61. The van der Waals surface area contributed by atoms with Crippen LogP contribution in [0.5, 0.6) is 0 Å². The number of fused-ring (bicyclic) bond motifs is 1. The number of carboxylic acid groups (broad SMARTS) is 1. The van der Waals surface area contributed by atoms with E-state index >= 15 is 0 Å². The molecule has 29 heavy (non-hydrogen) atoms. The molecule has 0 radical (unpaired) electrons. The second-order valence-corrected chi connectivity index (χ2v) is 8.86. The van der Waals surface area contributed by atoms with Gasteiger partial charge in [0.1, 0.15) is 0 Å². The molecule has 1 aromatic rings. The van der Waals surface area contributed by atoms with Gasteiger partial charge in [0.15, 0.2) is 5.41 Å². The smallest absolute Gasteiger partial charge is 0.189 e. The van der Waals surface area contributed by atoms with Gasteiger partial charge < -0.3 is 20.2 Å². The molecule has 7 heteroatoms. The van der Waals surface area contributed by atoms with Gasteiger partial charge in [0.25, 0.3) is 0 Å². The summed E-state index contributed by atoms with van der Waals surface area (Å²) in [7, 11) is 0. The van der Waals surface area contributed by atoms with E-state index in [-0.39, 0.29) is 11.6 Å². The second-order valence-electron chi connectivity index (χ2n) is 7.98. The average Bonchev–Trinajstić information content (AvgIpc) is 2.72. The number of hydrogen-bond donors (Lipinski definition) is 2. The molecule has 2 N–H and O–H groups in total. The number of aliphatic carboxylic acids is 1. The van der Waals surface area contributed by atoms with Gasteiger partial charge in [0.05, 0.1) is 48.9 Å². The minimum Gasteiger partial charge on any atom is -0.549 e. The van der Waals surface area contributed by atoms with Crippen LogP contribution in [-0.2, 0) is 4.79 Å². The van der Waals surface area contributed by atoms with Crippen LogP contribution >= 0.6 is 11.8 Å². The second kappa shape index (κ2) is 8.02. The van der Waals surface area contributed by atoms with E-state index in [0.717, 1.165) is 10.5 Å². The predicted octanol–water partition coefficient (Wildman–Crippen LogP) is 0.775. The highest BCUT2D eigenvalue weighted by Gasteiger charge is 2.58. The fourth-order valence-corrected chi connectivity index (χ4v) is 5.10. The van der Waals surface area contributed by atoms with Gasteiger partial charge in [-0.15, -0.1) is 11.8 Å². The fraction of sp³-hybridized carbons (Fsp3) is 0.455. The quantitative estimate of drug-likeness (QED) is 0.564. The third kappa shape index (κ3) is 3.35. The third-order valence-corrected chi connectivity index (χ3v) is 7.05. The van der Waals surface area contributed by atoms with Gasteiger partial charge in [-0.05, 0) is 49.4 Å². The summed E-state index contributed by atoms with van der Waals surface area (Å²) in [5.41, 5.74) is -0.822. The maximum absolute atomic E-state index is 12.0. The van der Waals surface area contributed by atoms with Crippen LogP contribution in [0.1, 0.15) is 25.3 Å². The van der Waals surface area contributed by atoms with Crippen molar-refractivity contribution in [3.05, 3.63) is 41.5 Å². The zero-order valence-electron chi connectivity index (χ0n) is 16.7. The Labute approximate surface area is 175 Å². The van der Waals surface area contributed by atoms with Crippen molar-refractivity contribution in [2.45, 2.75) is 30.7 Å². The zero-order chi connectivity index (χ0) is 21.3. The Morgan fingerprint density at radius 2 is 1.93 bits per heavy atom. The van der Waals surface area contributed by atoms with E-state index in [2.05, 4.69) is 13.8 Å². The molecule has 1 heterocycles. The lowest BCUT2D eigenvalue weighted by Crippen LogP contribution is -3.16. The van der Waals surface area contributed by atoms with Gasteiger partial charge in [0, 0.05) is 16.7 Å². The molecule has 150 valence electrons. The van der Waals surface area contributed by atoms with Crippen LogP contribution in [0.3, 0.4) is 0 Å². The zero-order valence-corrected chi connectivity index (χ0v) is 17.5. The first-order valence-electron chi connectivity index (χ1n) is 9.61. The number of benzene rings is 1. The molecule has 0 spiro atoms.